The Kier molecular flexibility index (Phi) is 2.64. The summed E-state index contributed by atoms with van der Waals surface area (Å²) in [5.74, 6) is -0.603. The summed E-state index contributed by atoms with van der Waals surface area (Å²) >= 11 is 0. The van der Waals surface area contributed by atoms with Gasteiger partial charge in [0.25, 0.3) is 5.91 Å². The molecule has 0 saturated heterocycles. The molecule has 0 N–H and O–H groups in total. The number of likely N-dealkylation sites (N-methyl/N-ethyl adjacent to an activating group) is 1. The van der Waals surface area contributed by atoms with E-state index in [1.807, 2.05) is 0 Å². The Balaban J connectivity index is 2.30. The van der Waals surface area contributed by atoms with Gasteiger partial charge in [-0.25, -0.2) is 4.79 Å². The van der Waals surface area contributed by atoms with Gasteiger partial charge >= 0.3 is 5.97 Å². The second-order valence-electron chi connectivity index (χ2n) is 3.59. The molecule has 1 amide bonds. The topological polar surface area (TPSA) is 64.4 Å². The van der Waals surface area contributed by atoms with Crippen molar-refractivity contribution in [1.29, 1.82) is 0 Å². The first kappa shape index (κ1) is 10.7. The minimum Gasteiger partial charge on any atom is -0.461 e. The normalized spacial score (nSPS) is 14.9. The van der Waals surface area contributed by atoms with Gasteiger partial charge < -0.3 is 9.64 Å². The number of hydrogen-bond donors (Lipinski definition) is 0. The van der Waals surface area contributed by atoms with Crippen LogP contribution in [0.5, 0.6) is 0 Å². The second-order valence-corrected chi connectivity index (χ2v) is 3.59. The number of ether oxygens (including phenoxy) is 1. The Morgan fingerprint density at radius 1 is 1.56 bits per heavy atom. The van der Waals surface area contributed by atoms with E-state index in [9.17, 15) is 9.59 Å². The van der Waals surface area contributed by atoms with Crippen molar-refractivity contribution in [3.8, 4) is 0 Å². The maximum Gasteiger partial charge on any atom is 0.358 e. The number of amides is 1. The van der Waals surface area contributed by atoms with E-state index in [4.69, 9.17) is 4.74 Å². The lowest BCUT2D eigenvalue weighted by atomic mass is 10.3. The highest BCUT2D eigenvalue weighted by Crippen LogP contribution is 2.13. The smallest absolute Gasteiger partial charge is 0.358 e. The molecule has 16 heavy (non-hydrogen) atoms. The van der Waals surface area contributed by atoms with Crippen molar-refractivity contribution in [2.75, 3.05) is 20.2 Å². The third-order valence-corrected chi connectivity index (χ3v) is 2.48. The van der Waals surface area contributed by atoms with Crippen molar-refractivity contribution in [3.63, 3.8) is 0 Å². The third kappa shape index (κ3) is 1.66. The summed E-state index contributed by atoms with van der Waals surface area (Å²) < 4.78 is 6.38. The molecule has 0 unspecified atom stereocenters. The Morgan fingerprint density at radius 3 is 3.00 bits per heavy atom. The average Bonchev–Trinajstić information content (AvgIpc) is 2.69. The van der Waals surface area contributed by atoms with Crippen LogP contribution < -0.4 is 0 Å². The van der Waals surface area contributed by atoms with E-state index in [0.717, 1.165) is 0 Å². The number of carbonyl (C=O) groups is 2. The Hall–Kier alpha value is -1.85. The highest BCUT2D eigenvalue weighted by molar-refractivity contribution is 5.96. The summed E-state index contributed by atoms with van der Waals surface area (Å²) in [6.07, 6.45) is 0. The number of esters is 1. The molecule has 1 aliphatic rings. The molecule has 0 fully saturated rings. The van der Waals surface area contributed by atoms with E-state index in [1.54, 1.807) is 23.6 Å². The lowest BCUT2D eigenvalue weighted by Gasteiger charge is -2.22. The minimum atomic E-state index is -0.486. The van der Waals surface area contributed by atoms with Crippen LogP contribution in [0.3, 0.4) is 0 Å². The second kappa shape index (κ2) is 3.96. The first-order chi connectivity index (χ1) is 7.63. The Bertz CT molecular complexity index is 439. The molecule has 2 rings (SSSR count). The third-order valence-electron chi connectivity index (χ3n) is 2.48. The molecule has 0 aromatic carbocycles. The predicted octanol–water partition coefficient (Wildman–Crippen LogP) is 0.145. The molecule has 1 aromatic heterocycles. The summed E-state index contributed by atoms with van der Waals surface area (Å²) in [7, 11) is 1.73. The zero-order valence-corrected chi connectivity index (χ0v) is 9.27. The van der Waals surface area contributed by atoms with Crippen molar-refractivity contribution in [2.24, 2.45) is 0 Å². The first-order valence-electron chi connectivity index (χ1n) is 5.14. The van der Waals surface area contributed by atoms with E-state index in [-0.39, 0.29) is 11.6 Å². The number of aromatic nitrogens is 2. The van der Waals surface area contributed by atoms with Gasteiger partial charge in [0, 0.05) is 19.7 Å². The molecule has 1 aliphatic heterocycles. The van der Waals surface area contributed by atoms with Gasteiger partial charge in [0.15, 0.2) is 5.69 Å². The molecule has 86 valence electrons. The molecule has 0 bridgehead atoms. The van der Waals surface area contributed by atoms with E-state index in [2.05, 4.69) is 5.10 Å². The van der Waals surface area contributed by atoms with Gasteiger partial charge in [0.1, 0.15) is 5.69 Å². The lowest BCUT2D eigenvalue weighted by molar-refractivity contribution is 0.0517. The minimum absolute atomic E-state index is 0.116. The van der Waals surface area contributed by atoms with E-state index < -0.39 is 5.97 Å². The molecule has 0 radical (unpaired) electrons. The molecular weight excluding hydrogens is 210 g/mol. The van der Waals surface area contributed by atoms with Crippen molar-refractivity contribution in [2.45, 2.75) is 13.5 Å². The van der Waals surface area contributed by atoms with Gasteiger partial charge in [-0.3, -0.25) is 9.48 Å². The fourth-order valence-corrected chi connectivity index (χ4v) is 1.61. The van der Waals surface area contributed by atoms with Gasteiger partial charge in [0.05, 0.1) is 13.2 Å². The van der Waals surface area contributed by atoms with Gasteiger partial charge in [-0.15, -0.1) is 0 Å². The van der Waals surface area contributed by atoms with Gasteiger partial charge in [-0.05, 0) is 6.92 Å². The molecule has 0 aliphatic carbocycles. The Morgan fingerprint density at radius 2 is 2.31 bits per heavy atom. The maximum absolute atomic E-state index is 11.7. The van der Waals surface area contributed by atoms with Crippen LogP contribution >= 0.6 is 0 Å². The number of nitrogens with zero attached hydrogens (tertiary/aromatic N) is 3. The highest BCUT2D eigenvalue weighted by atomic mass is 16.5. The van der Waals surface area contributed by atoms with Crippen LogP contribution in [0.2, 0.25) is 0 Å². The molecular formula is C10H13N3O3. The van der Waals surface area contributed by atoms with Crippen LogP contribution in [-0.4, -0.2) is 46.8 Å². The molecule has 6 heteroatoms. The quantitative estimate of drug-likeness (QED) is 0.669. The SMILES string of the molecule is CCOC(=O)c1cc2n(n1)CCN(C)C2=O. The van der Waals surface area contributed by atoms with Crippen molar-refractivity contribution < 1.29 is 14.3 Å². The van der Waals surface area contributed by atoms with E-state index in [0.29, 0.717) is 25.4 Å². The van der Waals surface area contributed by atoms with Crippen molar-refractivity contribution in [1.82, 2.24) is 14.7 Å². The summed E-state index contributed by atoms with van der Waals surface area (Å²) in [5, 5.41) is 4.05. The zero-order valence-electron chi connectivity index (χ0n) is 9.27. The standard InChI is InChI=1S/C10H13N3O3/c1-3-16-10(15)7-6-8-9(14)12(2)4-5-13(8)11-7/h6H,3-5H2,1-2H3. The van der Waals surface area contributed by atoms with Gasteiger partial charge in [-0.1, -0.05) is 0 Å². The monoisotopic (exact) mass is 223 g/mol. The van der Waals surface area contributed by atoms with Crippen LogP contribution in [0.1, 0.15) is 27.9 Å². The highest BCUT2D eigenvalue weighted by Gasteiger charge is 2.25. The molecule has 2 heterocycles. The molecule has 6 nitrogen and oxygen atoms in total. The van der Waals surface area contributed by atoms with Crippen molar-refractivity contribution >= 4 is 11.9 Å². The fourth-order valence-electron chi connectivity index (χ4n) is 1.61. The summed E-state index contributed by atoms with van der Waals surface area (Å²) in [5.41, 5.74) is 0.636. The van der Waals surface area contributed by atoms with Crippen LogP contribution in [0.4, 0.5) is 0 Å². The van der Waals surface area contributed by atoms with E-state index in [1.165, 1.54) is 6.07 Å². The van der Waals surface area contributed by atoms with Crippen LogP contribution in [0, 0.1) is 0 Å². The lowest BCUT2D eigenvalue weighted by Crippen LogP contribution is -2.37. The van der Waals surface area contributed by atoms with Gasteiger partial charge in [0.2, 0.25) is 0 Å². The summed E-state index contributed by atoms with van der Waals surface area (Å²) in [6, 6.07) is 1.48. The van der Waals surface area contributed by atoms with Crippen LogP contribution in [0.25, 0.3) is 0 Å². The number of fused-ring (bicyclic) bond motifs is 1. The molecule has 0 saturated carbocycles. The summed E-state index contributed by atoms with van der Waals surface area (Å²) in [4.78, 5) is 24.8. The first-order valence-corrected chi connectivity index (χ1v) is 5.14. The maximum atomic E-state index is 11.7. The summed E-state index contributed by atoms with van der Waals surface area (Å²) in [6.45, 7) is 3.24. The number of rotatable bonds is 2. The number of hydrogen-bond acceptors (Lipinski definition) is 4. The van der Waals surface area contributed by atoms with E-state index >= 15 is 0 Å². The molecule has 0 spiro atoms. The zero-order chi connectivity index (χ0) is 11.7. The van der Waals surface area contributed by atoms with Crippen molar-refractivity contribution in [3.05, 3.63) is 17.5 Å². The Labute approximate surface area is 92.8 Å². The number of carbonyl (C=O) groups excluding carboxylic acids is 2. The largest absolute Gasteiger partial charge is 0.461 e. The molecule has 1 aromatic rings. The fraction of sp³-hybridized carbons (Fsp3) is 0.500. The van der Waals surface area contributed by atoms with Crippen LogP contribution in [0.15, 0.2) is 6.07 Å². The van der Waals surface area contributed by atoms with Crippen LogP contribution in [-0.2, 0) is 11.3 Å². The average molecular weight is 223 g/mol. The molecule has 0 atom stereocenters. The van der Waals surface area contributed by atoms with Gasteiger partial charge in [-0.2, -0.15) is 5.10 Å². The predicted molar refractivity (Wildman–Crippen MR) is 55.1 cm³/mol.